The smallest absolute Gasteiger partial charge is 0.416 e. The van der Waals surface area contributed by atoms with Gasteiger partial charge in [-0.1, -0.05) is 35.9 Å². The topological polar surface area (TPSA) is 70.8 Å². The van der Waals surface area contributed by atoms with Gasteiger partial charge in [0.1, 0.15) is 11.4 Å². The molecule has 5 rings (SSSR count). The molecule has 0 bridgehead atoms. The number of nitrogens with zero attached hydrogens (tertiary/aromatic N) is 1. The van der Waals surface area contributed by atoms with E-state index >= 15 is 0 Å². The maximum Gasteiger partial charge on any atom is 0.416 e. The fourth-order valence-electron chi connectivity index (χ4n) is 4.19. The summed E-state index contributed by atoms with van der Waals surface area (Å²) >= 11 is 5.98. The Morgan fingerprint density at radius 2 is 1.75 bits per heavy atom. The van der Waals surface area contributed by atoms with Crippen molar-refractivity contribution in [3.63, 3.8) is 0 Å². The number of aliphatic hydroxyl groups excluding tert-OH is 1. The molecule has 0 saturated carbocycles. The van der Waals surface area contributed by atoms with E-state index in [-0.39, 0.29) is 17.0 Å². The zero-order valence-electron chi connectivity index (χ0n) is 18.0. The van der Waals surface area contributed by atoms with E-state index in [0.29, 0.717) is 22.1 Å². The fourth-order valence-corrected chi connectivity index (χ4v) is 4.37. The molecule has 4 aromatic rings. The van der Waals surface area contributed by atoms with Gasteiger partial charge in [0.05, 0.1) is 17.2 Å². The van der Waals surface area contributed by atoms with Crippen LogP contribution in [0.1, 0.15) is 27.7 Å². The van der Waals surface area contributed by atoms with Crippen molar-refractivity contribution in [3.05, 3.63) is 112 Å². The van der Waals surface area contributed by atoms with Crippen molar-refractivity contribution in [2.24, 2.45) is 0 Å². The molecule has 36 heavy (non-hydrogen) atoms. The van der Waals surface area contributed by atoms with Crippen LogP contribution in [-0.4, -0.2) is 16.8 Å². The monoisotopic (exact) mass is 515 g/mol. The average molecular weight is 516 g/mol. The van der Waals surface area contributed by atoms with Crippen molar-refractivity contribution in [2.45, 2.75) is 12.2 Å². The number of halogens is 5. The van der Waals surface area contributed by atoms with Gasteiger partial charge in [-0.2, -0.15) is 13.2 Å². The first-order valence-electron chi connectivity index (χ1n) is 10.5. The summed E-state index contributed by atoms with van der Waals surface area (Å²) in [5.41, 5.74) is -1.78. The van der Waals surface area contributed by atoms with Crippen LogP contribution in [0.2, 0.25) is 5.02 Å². The molecule has 1 aliphatic rings. The lowest BCUT2D eigenvalue weighted by Gasteiger charge is -2.27. The Hall–Kier alpha value is -4.11. The van der Waals surface area contributed by atoms with Crippen molar-refractivity contribution in [1.82, 2.24) is 0 Å². The molecule has 0 aliphatic carbocycles. The van der Waals surface area contributed by atoms with Gasteiger partial charge < -0.3 is 9.52 Å². The largest absolute Gasteiger partial charge is 0.503 e. The van der Waals surface area contributed by atoms with E-state index in [1.807, 2.05) is 0 Å². The standard InChI is InChI=1S/C26H14ClF4NO4/c27-15-8-9-19-13(10-15)11-20(36-19)23(33)21-22(17-6-1-2-7-18(17)28)32(25(35)24(21)34)16-5-3-4-14(12-16)26(29,30)31/h1-12,22,34H. The Morgan fingerprint density at radius 1 is 1.00 bits per heavy atom. The van der Waals surface area contributed by atoms with E-state index in [4.69, 9.17) is 16.0 Å². The minimum absolute atomic E-state index is 0.199. The Kier molecular flexibility index (Phi) is 5.60. The first-order chi connectivity index (χ1) is 17.1. The number of aliphatic hydroxyl groups is 1. The highest BCUT2D eigenvalue weighted by molar-refractivity contribution is 6.31. The number of carbonyl (C=O) groups excluding carboxylic acids is 2. The molecule has 0 fully saturated rings. The highest BCUT2D eigenvalue weighted by Gasteiger charge is 2.46. The summed E-state index contributed by atoms with van der Waals surface area (Å²) in [6, 6.07) is 13.3. The number of Topliss-reactive ketones (excluding diaryl/α,β-unsaturated/α-hetero) is 1. The first-order valence-corrected chi connectivity index (χ1v) is 10.9. The fraction of sp³-hybridized carbons (Fsp3) is 0.0769. The van der Waals surface area contributed by atoms with Gasteiger partial charge in [-0.25, -0.2) is 4.39 Å². The summed E-state index contributed by atoms with van der Waals surface area (Å²) in [6.45, 7) is 0. The van der Waals surface area contributed by atoms with E-state index in [1.165, 1.54) is 48.5 Å². The van der Waals surface area contributed by atoms with Crippen LogP contribution in [0.5, 0.6) is 0 Å². The van der Waals surface area contributed by atoms with E-state index in [1.54, 1.807) is 0 Å². The number of ketones is 1. The number of hydrogen-bond donors (Lipinski definition) is 1. The Bertz CT molecular complexity index is 1570. The summed E-state index contributed by atoms with van der Waals surface area (Å²) < 4.78 is 60.6. The molecule has 10 heteroatoms. The molecular weight excluding hydrogens is 502 g/mol. The van der Waals surface area contributed by atoms with Crippen LogP contribution in [-0.2, 0) is 11.0 Å². The number of anilines is 1. The van der Waals surface area contributed by atoms with Crippen molar-refractivity contribution in [1.29, 1.82) is 0 Å². The molecule has 2 heterocycles. The predicted octanol–water partition coefficient (Wildman–Crippen LogP) is 7.03. The molecule has 0 saturated heterocycles. The van der Waals surface area contributed by atoms with Crippen molar-refractivity contribution < 1.29 is 36.7 Å². The second kappa shape index (κ2) is 8.53. The number of fused-ring (bicyclic) bond motifs is 1. The van der Waals surface area contributed by atoms with Crippen LogP contribution >= 0.6 is 11.6 Å². The second-order valence-electron chi connectivity index (χ2n) is 8.03. The van der Waals surface area contributed by atoms with Crippen molar-refractivity contribution >= 4 is 39.9 Å². The molecular formula is C26H14ClF4NO4. The normalized spacial score (nSPS) is 16.3. The van der Waals surface area contributed by atoms with Gasteiger partial charge in [0, 0.05) is 21.7 Å². The van der Waals surface area contributed by atoms with Gasteiger partial charge in [0.25, 0.3) is 5.91 Å². The van der Waals surface area contributed by atoms with Crippen LogP contribution in [0.4, 0.5) is 23.2 Å². The number of amides is 1. The van der Waals surface area contributed by atoms with Crippen LogP contribution in [0.25, 0.3) is 11.0 Å². The first kappa shape index (κ1) is 23.6. The van der Waals surface area contributed by atoms with E-state index in [0.717, 1.165) is 23.1 Å². The van der Waals surface area contributed by atoms with Crippen molar-refractivity contribution in [2.75, 3.05) is 4.90 Å². The van der Waals surface area contributed by atoms with Crippen LogP contribution < -0.4 is 4.90 Å². The third kappa shape index (κ3) is 3.91. The van der Waals surface area contributed by atoms with Crippen LogP contribution in [0, 0.1) is 5.82 Å². The lowest BCUT2D eigenvalue weighted by atomic mass is 9.94. The molecule has 1 amide bonds. The molecule has 0 radical (unpaired) electrons. The maximum atomic E-state index is 14.9. The summed E-state index contributed by atoms with van der Waals surface area (Å²) in [7, 11) is 0. The van der Waals surface area contributed by atoms with E-state index < -0.39 is 46.6 Å². The van der Waals surface area contributed by atoms with Gasteiger partial charge in [0.15, 0.2) is 11.5 Å². The molecule has 1 aromatic heterocycles. The molecule has 1 unspecified atom stereocenters. The minimum atomic E-state index is -4.73. The zero-order chi connectivity index (χ0) is 25.8. The zero-order valence-corrected chi connectivity index (χ0v) is 18.8. The van der Waals surface area contributed by atoms with Crippen LogP contribution in [0.15, 0.2) is 88.5 Å². The van der Waals surface area contributed by atoms with Crippen LogP contribution in [0.3, 0.4) is 0 Å². The summed E-state index contributed by atoms with van der Waals surface area (Å²) in [6.07, 6.45) is -4.73. The van der Waals surface area contributed by atoms with Gasteiger partial charge in [-0.05, 0) is 48.5 Å². The van der Waals surface area contributed by atoms with Gasteiger partial charge in [-0.3, -0.25) is 14.5 Å². The predicted molar refractivity (Wildman–Crippen MR) is 123 cm³/mol. The lowest BCUT2D eigenvalue weighted by Crippen LogP contribution is -2.31. The molecule has 1 atom stereocenters. The second-order valence-corrected chi connectivity index (χ2v) is 8.47. The Balaban J connectivity index is 1.68. The Labute approximate surface area is 205 Å². The SMILES string of the molecule is O=C(C1=C(O)C(=O)N(c2cccc(C(F)(F)F)c2)C1c1ccccc1F)c1cc2cc(Cl)ccc2o1. The highest BCUT2D eigenvalue weighted by atomic mass is 35.5. The summed E-state index contributed by atoms with van der Waals surface area (Å²) in [5, 5.41) is 11.6. The van der Waals surface area contributed by atoms with E-state index in [9.17, 15) is 32.3 Å². The number of benzene rings is 3. The van der Waals surface area contributed by atoms with Crippen molar-refractivity contribution in [3.8, 4) is 0 Å². The molecule has 0 spiro atoms. The lowest BCUT2D eigenvalue weighted by molar-refractivity contribution is -0.137. The summed E-state index contributed by atoms with van der Waals surface area (Å²) in [4.78, 5) is 27.4. The quantitative estimate of drug-likeness (QED) is 0.234. The van der Waals surface area contributed by atoms with Gasteiger partial charge in [-0.15, -0.1) is 0 Å². The number of rotatable bonds is 4. The number of hydrogen-bond acceptors (Lipinski definition) is 4. The molecule has 3 aromatic carbocycles. The summed E-state index contributed by atoms with van der Waals surface area (Å²) in [5.74, 6) is -4.22. The van der Waals surface area contributed by atoms with Gasteiger partial charge in [0.2, 0.25) is 5.78 Å². The third-order valence-corrected chi connectivity index (χ3v) is 6.04. The Morgan fingerprint density at radius 3 is 2.47 bits per heavy atom. The number of carbonyl (C=O) groups is 2. The number of alkyl halides is 3. The van der Waals surface area contributed by atoms with E-state index in [2.05, 4.69) is 0 Å². The molecule has 1 aliphatic heterocycles. The molecule has 182 valence electrons. The maximum absolute atomic E-state index is 14.9. The molecule has 1 N–H and O–H groups in total. The average Bonchev–Trinajstić information content (AvgIpc) is 3.37. The number of furan rings is 1. The van der Waals surface area contributed by atoms with Gasteiger partial charge >= 0.3 is 6.18 Å². The molecule has 5 nitrogen and oxygen atoms in total. The minimum Gasteiger partial charge on any atom is -0.503 e. The highest BCUT2D eigenvalue weighted by Crippen LogP contribution is 2.44. The third-order valence-electron chi connectivity index (χ3n) is 5.81.